The molecule has 1 N–H and O–H groups in total. The fourth-order valence-electron chi connectivity index (χ4n) is 2.56. The Kier molecular flexibility index (Phi) is 4.81. The van der Waals surface area contributed by atoms with Gasteiger partial charge < -0.3 is 15.0 Å². The lowest BCUT2D eigenvalue weighted by molar-refractivity contribution is -0.132. The fourth-order valence-corrected chi connectivity index (χ4v) is 4.00. The van der Waals surface area contributed by atoms with Crippen molar-refractivity contribution < 1.29 is 17.9 Å². The molecule has 0 spiro atoms. The van der Waals surface area contributed by atoms with E-state index < -0.39 is 9.84 Å². The molecule has 0 aromatic heterocycles. The third-order valence-corrected chi connectivity index (χ3v) is 5.26. The van der Waals surface area contributed by atoms with Crippen LogP contribution in [0.15, 0.2) is 0 Å². The molecule has 2 unspecified atom stereocenters. The first-order valence-electron chi connectivity index (χ1n) is 6.79. The minimum atomic E-state index is -2.98. The number of rotatable bonds is 2. The van der Waals surface area contributed by atoms with Crippen molar-refractivity contribution >= 4 is 15.7 Å². The van der Waals surface area contributed by atoms with Crippen LogP contribution in [0.25, 0.3) is 0 Å². The second kappa shape index (κ2) is 6.19. The normalized spacial score (nSPS) is 31.7. The number of ether oxygens (including phenoxy) is 1. The van der Waals surface area contributed by atoms with Gasteiger partial charge in [0.1, 0.15) is 0 Å². The van der Waals surface area contributed by atoms with E-state index >= 15 is 0 Å². The molecule has 0 radical (unpaired) electrons. The molecule has 2 atom stereocenters. The summed E-state index contributed by atoms with van der Waals surface area (Å²) in [5, 5.41) is 3.11. The van der Waals surface area contributed by atoms with Gasteiger partial charge in [-0.05, 0) is 13.3 Å². The second-order valence-corrected chi connectivity index (χ2v) is 7.57. The summed E-state index contributed by atoms with van der Waals surface area (Å²) in [6, 6.07) is -0.245. The van der Waals surface area contributed by atoms with Gasteiger partial charge in [-0.25, -0.2) is 8.42 Å². The van der Waals surface area contributed by atoms with Crippen molar-refractivity contribution in [3.63, 3.8) is 0 Å². The molecule has 0 aromatic rings. The number of sulfone groups is 1. The maximum Gasteiger partial charge on any atom is 0.224 e. The minimum absolute atomic E-state index is 0.0203. The molecule has 2 aliphatic rings. The van der Waals surface area contributed by atoms with Crippen molar-refractivity contribution in [1.29, 1.82) is 0 Å². The summed E-state index contributed by atoms with van der Waals surface area (Å²) in [6.45, 7) is 4.37. The quantitative estimate of drug-likeness (QED) is 0.735. The van der Waals surface area contributed by atoms with Gasteiger partial charge in [-0.1, -0.05) is 0 Å². The first kappa shape index (κ1) is 14.7. The molecule has 0 aliphatic carbocycles. The van der Waals surface area contributed by atoms with E-state index in [1.807, 2.05) is 6.92 Å². The number of carbonyl (C=O) groups excluding carboxylic acids is 1. The Morgan fingerprint density at radius 1 is 1.47 bits per heavy atom. The van der Waals surface area contributed by atoms with E-state index in [1.165, 1.54) is 0 Å². The van der Waals surface area contributed by atoms with Gasteiger partial charge in [0.05, 0.1) is 17.6 Å². The van der Waals surface area contributed by atoms with Gasteiger partial charge in [0.25, 0.3) is 0 Å². The number of amides is 1. The van der Waals surface area contributed by atoms with Gasteiger partial charge in [-0.2, -0.15) is 0 Å². The molecule has 110 valence electrons. The molecule has 2 aliphatic heterocycles. The average Bonchev–Trinajstić information content (AvgIpc) is 2.52. The van der Waals surface area contributed by atoms with E-state index in [9.17, 15) is 13.2 Å². The van der Waals surface area contributed by atoms with Crippen LogP contribution >= 0.6 is 0 Å². The smallest absolute Gasteiger partial charge is 0.224 e. The standard InChI is InChI=1S/C12H22N2O4S/c1-10-8-14(4-2-5-18-10)12(15)7-11-9-19(16,17)6-3-13-11/h10-11,13H,2-9H2,1H3. The highest BCUT2D eigenvalue weighted by molar-refractivity contribution is 7.91. The lowest BCUT2D eigenvalue weighted by atomic mass is 10.2. The van der Waals surface area contributed by atoms with Crippen LogP contribution < -0.4 is 5.32 Å². The van der Waals surface area contributed by atoms with Gasteiger partial charge in [-0.15, -0.1) is 0 Å². The largest absolute Gasteiger partial charge is 0.377 e. The van der Waals surface area contributed by atoms with E-state index in [1.54, 1.807) is 4.90 Å². The van der Waals surface area contributed by atoms with Crippen molar-refractivity contribution in [1.82, 2.24) is 10.2 Å². The van der Waals surface area contributed by atoms with Gasteiger partial charge >= 0.3 is 0 Å². The maximum absolute atomic E-state index is 12.2. The van der Waals surface area contributed by atoms with E-state index in [-0.39, 0.29) is 36.0 Å². The summed E-state index contributed by atoms with van der Waals surface area (Å²) in [5.41, 5.74) is 0. The molecule has 7 heteroatoms. The zero-order valence-electron chi connectivity index (χ0n) is 11.3. The van der Waals surface area contributed by atoms with E-state index in [0.29, 0.717) is 26.2 Å². The van der Waals surface area contributed by atoms with Gasteiger partial charge in [0, 0.05) is 38.7 Å². The zero-order valence-corrected chi connectivity index (χ0v) is 12.1. The van der Waals surface area contributed by atoms with Gasteiger partial charge in [0.2, 0.25) is 5.91 Å². The van der Waals surface area contributed by atoms with E-state index in [2.05, 4.69) is 5.32 Å². The van der Waals surface area contributed by atoms with Gasteiger partial charge in [0.15, 0.2) is 9.84 Å². The van der Waals surface area contributed by atoms with Crippen molar-refractivity contribution in [2.24, 2.45) is 0 Å². The molecule has 2 rings (SSSR count). The van der Waals surface area contributed by atoms with E-state index in [4.69, 9.17) is 4.74 Å². The number of hydrogen-bond acceptors (Lipinski definition) is 5. The third kappa shape index (κ3) is 4.43. The monoisotopic (exact) mass is 290 g/mol. The summed E-state index contributed by atoms with van der Waals surface area (Å²) < 4.78 is 28.6. The Hall–Kier alpha value is -0.660. The Balaban J connectivity index is 1.89. The SMILES string of the molecule is CC1CN(C(=O)CC2CS(=O)(=O)CCN2)CCCO1. The molecule has 2 heterocycles. The highest BCUT2D eigenvalue weighted by Gasteiger charge is 2.28. The second-order valence-electron chi connectivity index (χ2n) is 5.34. The van der Waals surface area contributed by atoms with Crippen LogP contribution in [0.1, 0.15) is 19.8 Å². The molecular weight excluding hydrogens is 268 g/mol. The van der Waals surface area contributed by atoms with E-state index in [0.717, 1.165) is 6.42 Å². The highest BCUT2D eigenvalue weighted by atomic mass is 32.2. The first-order valence-corrected chi connectivity index (χ1v) is 8.61. The van der Waals surface area contributed by atoms with Crippen molar-refractivity contribution in [2.45, 2.75) is 31.9 Å². The van der Waals surface area contributed by atoms with Crippen molar-refractivity contribution in [3.8, 4) is 0 Å². The summed E-state index contributed by atoms with van der Waals surface area (Å²) in [4.78, 5) is 14.0. The Morgan fingerprint density at radius 3 is 3.00 bits per heavy atom. The lowest BCUT2D eigenvalue weighted by Crippen LogP contribution is -2.48. The van der Waals surface area contributed by atoms with Crippen LogP contribution in [0, 0.1) is 0 Å². The van der Waals surface area contributed by atoms with Crippen LogP contribution in [0.2, 0.25) is 0 Å². The van der Waals surface area contributed by atoms with Crippen LogP contribution in [-0.4, -0.2) is 69.1 Å². The van der Waals surface area contributed by atoms with Crippen molar-refractivity contribution in [3.05, 3.63) is 0 Å². The van der Waals surface area contributed by atoms with Crippen molar-refractivity contribution in [2.75, 3.05) is 37.7 Å². The third-order valence-electron chi connectivity index (χ3n) is 3.53. The Morgan fingerprint density at radius 2 is 2.26 bits per heavy atom. The molecule has 2 saturated heterocycles. The Labute approximate surface area is 114 Å². The van der Waals surface area contributed by atoms with Crippen LogP contribution in [0.4, 0.5) is 0 Å². The fraction of sp³-hybridized carbons (Fsp3) is 0.917. The summed E-state index contributed by atoms with van der Waals surface area (Å²) in [6.07, 6.45) is 1.15. The van der Waals surface area contributed by atoms with Gasteiger partial charge in [-0.3, -0.25) is 4.79 Å². The maximum atomic E-state index is 12.2. The molecule has 1 amide bonds. The zero-order chi connectivity index (χ0) is 13.9. The number of hydrogen-bond donors (Lipinski definition) is 1. The van der Waals surface area contributed by atoms with Crippen LogP contribution in [-0.2, 0) is 19.4 Å². The molecule has 6 nitrogen and oxygen atoms in total. The van der Waals surface area contributed by atoms with Crippen LogP contribution in [0.3, 0.4) is 0 Å². The molecular formula is C12H22N2O4S. The summed E-state index contributed by atoms with van der Waals surface area (Å²) >= 11 is 0. The molecule has 0 saturated carbocycles. The number of carbonyl (C=O) groups is 1. The predicted molar refractivity (Wildman–Crippen MR) is 71.7 cm³/mol. The summed E-state index contributed by atoms with van der Waals surface area (Å²) in [5.74, 6) is 0.261. The molecule has 19 heavy (non-hydrogen) atoms. The predicted octanol–water partition coefficient (Wildman–Crippen LogP) is -0.599. The Bertz CT molecular complexity index is 423. The average molecular weight is 290 g/mol. The molecule has 0 bridgehead atoms. The molecule has 2 fully saturated rings. The first-order chi connectivity index (χ1) is 8.96. The highest BCUT2D eigenvalue weighted by Crippen LogP contribution is 2.11. The number of nitrogens with one attached hydrogen (secondary N) is 1. The number of nitrogens with zero attached hydrogens (tertiary/aromatic N) is 1. The lowest BCUT2D eigenvalue weighted by Gasteiger charge is -2.27. The topological polar surface area (TPSA) is 75.7 Å². The van der Waals surface area contributed by atoms with Crippen LogP contribution in [0.5, 0.6) is 0 Å². The molecule has 0 aromatic carbocycles. The summed E-state index contributed by atoms with van der Waals surface area (Å²) in [7, 11) is -2.98. The minimum Gasteiger partial charge on any atom is -0.377 e.